The van der Waals surface area contributed by atoms with Gasteiger partial charge in [0.1, 0.15) is 10.8 Å². The Bertz CT molecular complexity index is 1030. The second-order valence-corrected chi connectivity index (χ2v) is 7.72. The number of allylic oxidation sites excluding steroid dienone is 2. The molecule has 3 rings (SSSR count). The van der Waals surface area contributed by atoms with E-state index >= 15 is 0 Å². The van der Waals surface area contributed by atoms with E-state index in [2.05, 4.69) is 9.97 Å². The van der Waals surface area contributed by atoms with Crippen molar-refractivity contribution in [1.29, 1.82) is 0 Å². The molecule has 1 heterocycles. The fourth-order valence-corrected chi connectivity index (χ4v) is 3.76. The van der Waals surface area contributed by atoms with E-state index in [0.29, 0.717) is 6.08 Å². The zero-order valence-electron chi connectivity index (χ0n) is 14.6. The van der Waals surface area contributed by atoms with Crippen molar-refractivity contribution in [2.24, 2.45) is 11.5 Å². The number of hydrogen-bond acceptors (Lipinski definition) is 3. The molecule has 4 nitrogen and oxygen atoms in total. The van der Waals surface area contributed by atoms with Crippen LogP contribution in [0.4, 0.5) is 26.3 Å². The van der Waals surface area contributed by atoms with Crippen molar-refractivity contribution < 1.29 is 26.3 Å². The quantitative estimate of drug-likeness (QED) is 0.348. The Morgan fingerprint density at radius 3 is 2.34 bits per heavy atom. The monoisotopic (exact) mass is 458 g/mol. The number of benzene rings is 1. The number of halogens is 8. The summed E-state index contributed by atoms with van der Waals surface area (Å²) in [6, 6.07) is 0.384. The van der Waals surface area contributed by atoms with Gasteiger partial charge in [-0.25, -0.2) is 4.98 Å². The number of nitrogens with one attached hydrogen (secondary N) is 1. The predicted molar refractivity (Wildman–Crippen MR) is 97.3 cm³/mol. The standard InChI is InChI=1S/C17H14Cl2F6N4/c1-6-2-7(16(20,21)22)3-10-14(6)29-12(28-10)5-8-13(18)9(17(23,24)25)4-11(26)15(8,19)27/h2-4,11H,5,26-27H2,1H3,(H,28,29). The Hall–Kier alpha value is -1.75. The van der Waals surface area contributed by atoms with Crippen LogP contribution in [0.5, 0.6) is 0 Å². The second kappa shape index (κ2) is 6.90. The Morgan fingerprint density at radius 1 is 1.17 bits per heavy atom. The fraction of sp³-hybridized carbons (Fsp3) is 0.353. The van der Waals surface area contributed by atoms with Crippen LogP contribution in [0.1, 0.15) is 17.0 Å². The normalized spacial score (nSPS) is 23.7. The summed E-state index contributed by atoms with van der Waals surface area (Å²) in [5.41, 5.74) is 9.82. The van der Waals surface area contributed by atoms with E-state index in [1.54, 1.807) is 0 Å². The third kappa shape index (κ3) is 3.98. The molecule has 0 fully saturated rings. The zero-order valence-corrected chi connectivity index (χ0v) is 16.2. The summed E-state index contributed by atoms with van der Waals surface area (Å²) in [6.07, 6.45) is -9.09. The molecule has 1 aliphatic carbocycles. The van der Waals surface area contributed by atoms with Crippen LogP contribution < -0.4 is 11.5 Å². The van der Waals surface area contributed by atoms with E-state index in [4.69, 9.17) is 34.7 Å². The largest absolute Gasteiger partial charge is 0.417 e. The number of nitrogens with two attached hydrogens (primary N) is 2. The summed E-state index contributed by atoms with van der Waals surface area (Å²) in [6.45, 7) is 1.43. The average Bonchev–Trinajstić information content (AvgIpc) is 2.97. The van der Waals surface area contributed by atoms with Gasteiger partial charge in [-0.15, -0.1) is 0 Å². The van der Waals surface area contributed by atoms with Gasteiger partial charge in [0.15, 0.2) is 0 Å². The lowest BCUT2D eigenvalue weighted by atomic mass is 9.88. The molecule has 5 N–H and O–H groups in total. The Morgan fingerprint density at radius 2 is 1.79 bits per heavy atom. The van der Waals surface area contributed by atoms with Crippen molar-refractivity contribution in [2.75, 3.05) is 0 Å². The Kier molecular flexibility index (Phi) is 5.22. The highest BCUT2D eigenvalue weighted by Gasteiger charge is 2.46. The third-order valence-corrected chi connectivity index (χ3v) is 5.51. The number of aromatic amines is 1. The van der Waals surface area contributed by atoms with Gasteiger partial charge in [-0.1, -0.05) is 29.3 Å². The van der Waals surface area contributed by atoms with E-state index in [-0.39, 0.29) is 34.4 Å². The number of hydrogen-bond donors (Lipinski definition) is 3. The Balaban J connectivity index is 2.09. The first-order valence-electron chi connectivity index (χ1n) is 8.10. The molecule has 0 saturated heterocycles. The first-order chi connectivity index (χ1) is 13.1. The van der Waals surface area contributed by atoms with Crippen LogP contribution >= 0.6 is 23.2 Å². The summed E-state index contributed by atoms with van der Waals surface area (Å²) in [5, 5.41) is -0.718. The lowest BCUT2D eigenvalue weighted by Crippen LogP contribution is -2.54. The molecule has 1 aromatic heterocycles. The van der Waals surface area contributed by atoms with Crippen molar-refractivity contribution in [3.05, 3.63) is 51.3 Å². The highest BCUT2D eigenvalue weighted by Crippen LogP contribution is 2.44. The SMILES string of the molecule is Cc1cc(C(F)(F)F)cc2[nH]c(CC3=C(Cl)C(C(F)(F)F)=CC(N)C3(N)Cl)nc12. The van der Waals surface area contributed by atoms with Gasteiger partial charge in [0.05, 0.1) is 33.2 Å². The Labute approximate surface area is 170 Å². The van der Waals surface area contributed by atoms with Gasteiger partial charge in [-0.2, -0.15) is 26.3 Å². The molecule has 29 heavy (non-hydrogen) atoms. The maximum Gasteiger partial charge on any atom is 0.417 e. The molecular weight excluding hydrogens is 445 g/mol. The van der Waals surface area contributed by atoms with Crippen LogP contribution in [-0.4, -0.2) is 27.2 Å². The van der Waals surface area contributed by atoms with Gasteiger partial charge in [-0.05, 0) is 30.2 Å². The minimum absolute atomic E-state index is 0.0432. The molecule has 2 atom stereocenters. The zero-order chi connectivity index (χ0) is 21.9. The van der Waals surface area contributed by atoms with Gasteiger partial charge < -0.3 is 16.5 Å². The average molecular weight is 459 g/mol. The number of aryl methyl sites for hydroxylation is 1. The molecule has 0 saturated carbocycles. The lowest BCUT2D eigenvalue weighted by Gasteiger charge is -2.35. The molecule has 12 heteroatoms. The molecule has 0 amide bonds. The summed E-state index contributed by atoms with van der Waals surface area (Å²) in [7, 11) is 0. The molecule has 2 aromatic rings. The van der Waals surface area contributed by atoms with Crippen molar-refractivity contribution in [3.63, 3.8) is 0 Å². The minimum Gasteiger partial charge on any atom is -0.342 e. The number of fused-ring (bicyclic) bond motifs is 1. The number of aromatic nitrogens is 2. The lowest BCUT2D eigenvalue weighted by molar-refractivity contribution is -0.137. The van der Waals surface area contributed by atoms with Crippen LogP contribution in [0.25, 0.3) is 11.0 Å². The van der Waals surface area contributed by atoms with E-state index in [1.165, 1.54) is 6.92 Å². The van der Waals surface area contributed by atoms with Crippen LogP contribution in [0.2, 0.25) is 0 Å². The molecule has 0 bridgehead atoms. The molecule has 158 valence electrons. The first kappa shape index (κ1) is 21.9. The van der Waals surface area contributed by atoms with Crippen LogP contribution in [0.15, 0.2) is 34.4 Å². The predicted octanol–water partition coefficient (Wildman–Crippen LogP) is 4.65. The van der Waals surface area contributed by atoms with Crippen molar-refractivity contribution >= 4 is 34.2 Å². The van der Waals surface area contributed by atoms with Crippen LogP contribution in [-0.2, 0) is 12.6 Å². The van der Waals surface area contributed by atoms with Gasteiger partial charge in [0, 0.05) is 6.42 Å². The summed E-state index contributed by atoms with van der Waals surface area (Å²) >= 11 is 12.1. The first-order valence-corrected chi connectivity index (χ1v) is 8.86. The van der Waals surface area contributed by atoms with Gasteiger partial charge in [-0.3, -0.25) is 0 Å². The summed E-state index contributed by atoms with van der Waals surface area (Å²) < 4.78 is 78.8. The topological polar surface area (TPSA) is 80.7 Å². The molecule has 2 unspecified atom stereocenters. The van der Waals surface area contributed by atoms with Crippen LogP contribution in [0.3, 0.4) is 0 Å². The summed E-state index contributed by atoms with van der Waals surface area (Å²) in [4.78, 5) is 4.90. The molecule has 0 spiro atoms. The maximum absolute atomic E-state index is 13.2. The number of alkyl halides is 7. The third-order valence-electron chi connectivity index (χ3n) is 4.60. The maximum atomic E-state index is 13.2. The molecular formula is C17H14Cl2F6N4. The number of imidazole rings is 1. The van der Waals surface area contributed by atoms with E-state index in [9.17, 15) is 26.3 Å². The van der Waals surface area contributed by atoms with Crippen LogP contribution in [0, 0.1) is 6.92 Å². The molecule has 1 aliphatic rings. The van der Waals surface area contributed by atoms with E-state index in [1.807, 2.05) is 0 Å². The second-order valence-electron chi connectivity index (χ2n) is 6.71. The molecule has 0 radical (unpaired) electrons. The van der Waals surface area contributed by atoms with Gasteiger partial charge in [0.2, 0.25) is 0 Å². The smallest absolute Gasteiger partial charge is 0.342 e. The van der Waals surface area contributed by atoms with Gasteiger partial charge >= 0.3 is 12.4 Å². The fourth-order valence-electron chi connectivity index (χ4n) is 3.09. The summed E-state index contributed by atoms with van der Waals surface area (Å²) in [5.74, 6) is 0.0432. The molecule has 0 aliphatic heterocycles. The molecule has 1 aromatic carbocycles. The van der Waals surface area contributed by atoms with Crippen molar-refractivity contribution in [2.45, 2.75) is 36.7 Å². The number of rotatable bonds is 2. The van der Waals surface area contributed by atoms with Gasteiger partial charge in [0.25, 0.3) is 0 Å². The minimum atomic E-state index is -4.79. The van der Waals surface area contributed by atoms with Crippen molar-refractivity contribution in [3.8, 4) is 0 Å². The van der Waals surface area contributed by atoms with Crippen molar-refractivity contribution in [1.82, 2.24) is 9.97 Å². The highest BCUT2D eigenvalue weighted by molar-refractivity contribution is 6.35. The van der Waals surface area contributed by atoms with E-state index < -0.39 is 39.6 Å². The van der Waals surface area contributed by atoms with E-state index in [0.717, 1.165) is 12.1 Å². The number of nitrogens with zero attached hydrogens (tertiary/aromatic N) is 1. The number of H-pyrrole nitrogens is 1. The highest BCUT2D eigenvalue weighted by atomic mass is 35.5.